The zero-order valence-electron chi connectivity index (χ0n) is 12.0. The van der Waals surface area contributed by atoms with E-state index in [0.717, 1.165) is 31.9 Å². The number of piperazine rings is 1. The summed E-state index contributed by atoms with van der Waals surface area (Å²) in [5.74, 6) is 0.906. The van der Waals surface area contributed by atoms with E-state index in [2.05, 4.69) is 40.4 Å². The van der Waals surface area contributed by atoms with Gasteiger partial charge in [0.25, 0.3) is 0 Å². The normalized spacial score (nSPS) is 16.4. The minimum atomic E-state index is 0.906. The fraction of sp³-hybridized carbons (Fsp3) is 0.375. The first-order valence-corrected chi connectivity index (χ1v) is 7.80. The molecule has 1 aromatic carbocycles. The molecule has 1 aliphatic rings. The van der Waals surface area contributed by atoms with Gasteiger partial charge in [0.05, 0.1) is 12.1 Å². The fourth-order valence-corrected chi connectivity index (χ4v) is 3.43. The average molecular weight is 288 g/mol. The molecule has 0 radical (unpaired) electrons. The Kier molecular flexibility index (Phi) is 3.94. The zero-order chi connectivity index (χ0) is 13.9. The number of likely N-dealkylation sites (N-methyl/N-ethyl adjacent to an activating group) is 1. The van der Waals surface area contributed by atoms with Crippen molar-refractivity contribution in [3.8, 4) is 16.9 Å². The van der Waals surface area contributed by atoms with Crippen LogP contribution in [0.1, 0.15) is 0 Å². The van der Waals surface area contributed by atoms with Crippen molar-refractivity contribution in [2.24, 2.45) is 0 Å². The predicted octanol–water partition coefficient (Wildman–Crippen LogP) is 3.18. The van der Waals surface area contributed by atoms with Crippen LogP contribution in [0.5, 0.6) is 5.75 Å². The SMILES string of the molecule is COc1ccc(-c2csc(N3CCN(C)CC3)c2)cc1. The maximum Gasteiger partial charge on any atom is 0.118 e. The molecule has 2 heterocycles. The van der Waals surface area contributed by atoms with E-state index in [9.17, 15) is 0 Å². The van der Waals surface area contributed by atoms with Crippen molar-refractivity contribution in [3.63, 3.8) is 0 Å². The van der Waals surface area contributed by atoms with Crippen LogP contribution in [0.25, 0.3) is 11.1 Å². The van der Waals surface area contributed by atoms with E-state index in [1.54, 1.807) is 7.11 Å². The van der Waals surface area contributed by atoms with Gasteiger partial charge in [-0.25, -0.2) is 0 Å². The fourth-order valence-electron chi connectivity index (χ4n) is 2.45. The van der Waals surface area contributed by atoms with E-state index in [1.165, 1.54) is 16.1 Å². The first-order chi connectivity index (χ1) is 9.76. The van der Waals surface area contributed by atoms with Gasteiger partial charge >= 0.3 is 0 Å². The van der Waals surface area contributed by atoms with Crippen LogP contribution in [-0.2, 0) is 0 Å². The minimum absolute atomic E-state index is 0.906. The standard InChI is InChI=1S/C16H20N2OS/c1-17-7-9-18(10-8-17)16-11-14(12-20-16)13-3-5-15(19-2)6-4-13/h3-6,11-12H,7-10H2,1-2H3. The second-order valence-electron chi connectivity index (χ2n) is 5.19. The molecule has 20 heavy (non-hydrogen) atoms. The number of ether oxygens (including phenoxy) is 1. The molecule has 1 fully saturated rings. The van der Waals surface area contributed by atoms with E-state index in [1.807, 2.05) is 23.5 Å². The van der Waals surface area contributed by atoms with Gasteiger partial charge in [-0.2, -0.15) is 0 Å². The second kappa shape index (κ2) is 5.85. The van der Waals surface area contributed by atoms with Crippen LogP contribution in [0.4, 0.5) is 5.00 Å². The third-order valence-electron chi connectivity index (χ3n) is 3.82. The van der Waals surface area contributed by atoms with E-state index >= 15 is 0 Å². The lowest BCUT2D eigenvalue weighted by Gasteiger charge is -2.32. The highest BCUT2D eigenvalue weighted by atomic mass is 32.1. The molecule has 2 aromatic rings. The van der Waals surface area contributed by atoms with Gasteiger partial charge in [0.1, 0.15) is 5.75 Å². The summed E-state index contributed by atoms with van der Waals surface area (Å²) < 4.78 is 5.21. The van der Waals surface area contributed by atoms with Crippen LogP contribution in [0.15, 0.2) is 35.7 Å². The number of thiophene rings is 1. The molecule has 0 bridgehead atoms. The molecule has 0 atom stereocenters. The van der Waals surface area contributed by atoms with E-state index in [-0.39, 0.29) is 0 Å². The van der Waals surface area contributed by atoms with Crippen molar-refractivity contribution in [2.45, 2.75) is 0 Å². The highest BCUT2D eigenvalue weighted by Gasteiger charge is 2.16. The monoisotopic (exact) mass is 288 g/mol. The van der Waals surface area contributed by atoms with Gasteiger partial charge in [-0.3, -0.25) is 0 Å². The van der Waals surface area contributed by atoms with Gasteiger partial charge in [-0.1, -0.05) is 12.1 Å². The first-order valence-electron chi connectivity index (χ1n) is 6.93. The predicted molar refractivity (Wildman–Crippen MR) is 86.0 cm³/mol. The third-order valence-corrected chi connectivity index (χ3v) is 4.81. The highest BCUT2D eigenvalue weighted by molar-refractivity contribution is 7.14. The van der Waals surface area contributed by atoms with Gasteiger partial charge in [0, 0.05) is 31.6 Å². The van der Waals surface area contributed by atoms with Crippen molar-refractivity contribution in [3.05, 3.63) is 35.7 Å². The van der Waals surface area contributed by atoms with E-state index in [0.29, 0.717) is 0 Å². The smallest absolute Gasteiger partial charge is 0.118 e. The lowest BCUT2D eigenvalue weighted by atomic mass is 10.1. The number of benzene rings is 1. The molecule has 1 saturated heterocycles. The average Bonchev–Trinajstić information content (AvgIpc) is 2.98. The summed E-state index contributed by atoms with van der Waals surface area (Å²) in [6.07, 6.45) is 0. The van der Waals surface area contributed by atoms with E-state index < -0.39 is 0 Å². The Balaban J connectivity index is 1.75. The second-order valence-corrected chi connectivity index (χ2v) is 6.08. The molecule has 0 saturated carbocycles. The maximum atomic E-state index is 5.21. The summed E-state index contributed by atoms with van der Waals surface area (Å²) >= 11 is 1.84. The van der Waals surface area contributed by atoms with Gasteiger partial charge in [0.15, 0.2) is 0 Å². The van der Waals surface area contributed by atoms with Gasteiger partial charge in [0.2, 0.25) is 0 Å². The van der Waals surface area contributed by atoms with Gasteiger partial charge in [-0.15, -0.1) is 11.3 Å². The van der Waals surface area contributed by atoms with Crippen molar-refractivity contribution in [2.75, 3.05) is 45.2 Å². The summed E-state index contributed by atoms with van der Waals surface area (Å²) in [6.45, 7) is 4.55. The topological polar surface area (TPSA) is 15.7 Å². The number of methoxy groups -OCH3 is 1. The Labute approximate surface area is 124 Å². The summed E-state index contributed by atoms with van der Waals surface area (Å²) in [5, 5.41) is 3.62. The molecule has 0 N–H and O–H groups in total. The largest absolute Gasteiger partial charge is 0.497 e. The van der Waals surface area contributed by atoms with Crippen LogP contribution in [0.2, 0.25) is 0 Å². The number of hydrogen-bond acceptors (Lipinski definition) is 4. The van der Waals surface area contributed by atoms with Crippen LogP contribution in [0.3, 0.4) is 0 Å². The van der Waals surface area contributed by atoms with Crippen LogP contribution >= 0.6 is 11.3 Å². The Bertz CT molecular complexity index is 556. The molecular weight excluding hydrogens is 268 g/mol. The van der Waals surface area contributed by atoms with Crippen molar-refractivity contribution >= 4 is 16.3 Å². The van der Waals surface area contributed by atoms with Crippen LogP contribution in [0, 0.1) is 0 Å². The molecule has 3 rings (SSSR count). The van der Waals surface area contributed by atoms with Gasteiger partial charge in [-0.05, 0) is 36.4 Å². The Morgan fingerprint density at radius 1 is 1.00 bits per heavy atom. The molecule has 1 aromatic heterocycles. The Morgan fingerprint density at radius 2 is 1.70 bits per heavy atom. The summed E-state index contributed by atoms with van der Waals surface area (Å²) in [6, 6.07) is 10.6. The highest BCUT2D eigenvalue weighted by Crippen LogP contribution is 2.32. The van der Waals surface area contributed by atoms with Crippen LogP contribution in [-0.4, -0.2) is 45.2 Å². The maximum absolute atomic E-state index is 5.21. The van der Waals surface area contributed by atoms with E-state index in [4.69, 9.17) is 4.74 Å². The molecule has 4 heteroatoms. The van der Waals surface area contributed by atoms with Crippen LogP contribution < -0.4 is 9.64 Å². The van der Waals surface area contributed by atoms with Crippen molar-refractivity contribution in [1.29, 1.82) is 0 Å². The van der Waals surface area contributed by atoms with Gasteiger partial charge < -0.3 is 14.5 Å². The number of anilines is 1. The Morgan fingerprint density at radius 3 is 2.35 bits per heavy atom. The van der Waals surface area contributed by atoms with Crippen molar-refractivity contribution < 1.29 is 4.74 Å². The lowest BCUT2D eigenvalue weighted by molar-refractivity contribution is 0.313. The molecule has 0 spiro atoms. The molecule has 1 aliphatic heterocycles. The zero-order valence-corrected chi connectivity index (χ0v) is 12.8. The van der Waals surface area contributed by atoms with Crippen molar-refractivity contribution in [1.82, 2.24) is 4.90 Å². The molecule has 106 valence electrons. The minimum Gasteiger partial charge on any atom is -0.497 e. The number of nitrogens with zero attached hydrogens (tertiary/aromatic N) is 2. The number of hydrogen-bond donors (Lipinski definition) is 0. The Hall–Kier alpha value is -1.52. The molecule has 0 aliphatic carbocycles. The molecule has 0 unspecified atom stereocenters. The first kappa shape index (κ1) is 13.5. The lowest BCUT2D eigenvalue weighted by Crippen LogP contribution is -2.44. The third kappa shape index (κ3) is 2.81. The summed E-state index contributed by atoms with van der Waals surface area (Å²) in [7, 11) is 3.89. The number of rotatable bonds is 3. The molecule has 0 amide bonds. The quantitative estimate of drug-likeness (QED) is 0.863. The molecular formula is C16H20N2OS. The summed E-state index contributed by atoms with van der Waals surface area (Å²) in [4.78, 5) is 4.87. The molecule has 3 nitrogen and oxygen atoms in total. The summed E-state index contributed by atoms with van der Waals surface area (Å²) in [5.41, 5.74) is 2.55.